The quantitative estimate of drug-likeness (QED) is 0.272. The molecule has 1 aromatic carbocycles. The zero-order chi connectivity index (χ0) is 16.2. The largest absolute Gasteiger partial charge is 0.272 e. The van der Waals surface area contributed by atoms with Gasteiger partial charge in [-0.3, -0.25) is 4.79 Å². The molecular weight excluding hydrogens is 316 g/mol. The van der Waals surface area contributed by atoms with Gasteiger partial charge in [0.15, 0.2) is 0 Å². The summed E-state index contributed by atoms with van der Waals surface area (Å²) in [6.45, 7) is 4.18. The number of nitrogens with zero attached hydrogens (tertiary/aromatic N) is 1. The number of unbranched alkanes of at least 4 members (excludes halogenated alkanes) is 4. The minimum Gasteiger partial charge on any atom is -0.272 e. The fourth-order valence-corrected chi connectivity index (χ4v) is 2.73. The Hall–Kier alpha value is -1.00. The van der Waals surface area contributed by atoms with Gasteiger partial charge in [-0.15, -0.1) is 11.8 Å². The summed E-state index contributed by atoms with van der Waals surface area (Å²) in [5.41, 5.74) is 3.61. The molecule has 0 saturated heterocycles. The Labute approximate surface area is 142 Å². The van der Waals surface area contributed by atoms with E-state index in [9.17, 15) is 4.79 Å². The number of rotatable bonds is 10. The van der Waals surface area contributed by atoms with E-state index in [0.717, 1.165) is 23.4 Å². The lowest BCUT2D eigenvalue weighted by Gasteiger charge is -2.03. The summed E-state index contributed by atoms with van der Waals surface area (Å²) in [6.07, 6.45) is 7.18. The van der Waals surface area contributed by atoms with Gasteiger partial charge in [-0.2, -0.15) is 5.10 Å². The lowest BCUT2D eigenvalue weighted by molar-refractivity contribution is -0.118. The van der Waals surface area contributed by atoms with Crippen LogP contribution in [-0.4, -0.2) is 17.4 Å². The molecule has 0 aliphatic carbocycles. The van der Waals surface area contributed by atoms with E-state index in [0.29, 0.717) is 10.8 Å². The molecule has 0 saturated carbocycles. The molecular formula is C17H25ClN2OS. The summed E-state index contributed by atoms with van der Waals surface area (Å²) in [5.74, 6) is 0.278. The highest BCUT2D eigenvalue weighted by molar-refractivity contribution is 8.00. The summed E-state index contributed by atoms with van der Waals surface area (Å²) in [6, 6.07) is 7.46. The maximum absolute atomic E-state index is 11.7. The van der Waals surface area contributed by atoms with Crippen molar-refractivity contribution in [3.8, 4) is 0 Å². The van der Waals surface area contributed by atoms with E-state index in [1.165, 1.54) is 37.4 Å². The van der Waals surface area contributed by atoms with Gasteiger partial charge >= 0.3 is 0 Å². The molecule has 0 radical (unpaired) electrons. The van der Waals surface area contributed by atoms with Gasteiger partial charge in [0, 0.05) is 15.6 Å². The first-order chi connectivity index (χ1) is 10.6. The first kappa shape index (κ1) is 19.0. The van der Waals surface area contributed by atoms with E-state index < -0.39 is 0 Å². The summed E-state index contributed by atoms with van der Waals surface area (Å²) in [4.78, 5) is 12.8. The summed E-state index contributed by atoms with van der Waals surface area (Å²) < 4.78 is 0. The molecule has 0 fully saturated rings. The van der Waals surface area contributed by atoms with Gasteiger partial charge in [-0.1, -0.05) is 44.2 Å². The molecule has 3 nitrogen and oxygen atoms in total. The molecule has 0 atom stereocenters. The van der Waals surface area contributed by atoms with Crippen molar-refractivity contribution in [2.75, 3.05) is 5.75 Å². The number of carbonyl (C=O) groups is 1. The SMILES string of the molecule is CCCCCCC/C(C)=N/NC(=O)CSc1ccc(Cl)cc1. The predicted octanol–water partition coefficient (Wildman–Crippen LogP) is 5.28. The van der Waals surface area contributed by atoms with Crippen molar-refractivity contribution in [1.29, 1.82) is 0 Å². The third-order valence-electron chi connectivity index (χ3n) is 3.20. The van der Waals surface area contributed by atoms with Crippen LogP contribution in [0.2, 0.25) is 5.02 Å². The Balaban J connectivity index is 2.18. The van der Waals surface area contributed by atoms with Gasteiger partial charge in [0.25, 0.3) is 0 Å². The minimum atomic E-state index is -0.0784. The van der Waals surface area contributed by atoms with E-state index in [1.54, 1.807) is 0 Å². The molecule has 1 rings (SSSR count). The third kappa shape index (κ3) is 9.11. The summed E-state index contributed by atoms with van der Waals surface area (Å²) in [7, 11) is 0. The van der Waals surface area contributed by atoms with Crippen LogP contribution in [0.5, 0.6) is 0 Å². The van der Waals surface area contributed by atoms with Gasteiger partial charge in [-0.25, -0.2) is 5.43 Å². The van der Waals surface area contributed by atoms with Gasteiger partial charge in [-0.05, 0) is 44.0 Å². The molecule has 22 heavy (non-hydrogen) atoms. The van der Waals surface area contributed by atoms with Crippen LogP contribution in [0, 0.1) is 0 Å². The zero-order valence-corrected chi connectivity index (χ0v) is 15.0. The maximum atomic E-state index is 11.7. The highest BCUT2D eigenvalue weighted by Crippen LogP contribution is 2.19. The monoisotopic (exact) mass is 340 g/mol. The second-order valence-electron chi connectivity index (χ2n) is 5.29. The molecule has 0 aliphatic heterocycles. The average Bonchev–Trinajstić information content (AvgIpc) is 2.52. The van der Waals surface area contributed by atoms with Crippen LogP contribution in [0.4, 0.5) is 0 Å². The molecule has 5 heteroatoms. The fourth-order valence-electron chi connectivity index (χ4n) is 1.91. The number of benzene rings is 1. The third-order valence-corrected chi connectivity index (χ3v) is 4.46. The maximum Gasteiger partial charge on any atom is 0.250 e. The van der Waals surface area contributed by atoms with Crippen molar-refractivity contribution in [2.24, 2.45) is 5.10 Å². The molecule has 1 amide bonds. The molecule has 122 valence electrons. The van der Waals surface area contributed by atoms with Crippen molar-refractivity contribution in [3.63, 3.8) is 0 Å². The molecule has 0 aromatic heterocycles. The van der Waals surface area contributed by atoms with Crippen molar-refractivity contribution < 1.29 is 4.79 Å². The normalized spacial score (nSPS) is 11.5. The number of thioether (sulfide) groups is 1. The first-order valence-electron chi connectivity index (χ1n) is 7.82. The van der Waals surface area contributed by atoms with Crippen molar-refractivity contribution >= 4 is 35.0 Å². The number of amides is 1. The van der Waals surface area contributed by atoms with Gasteiger partial charge < -0.3 is 0 Å². The molecule has 0 unspecified atom stereocenters. The van der Waals surface area contributed by atoms with E-state index in [1.807, 2.05) is 31.2 Å². The summed E-state index contributed by atoms with van der Waals surface area (Å²) >= 11 is 7.30. The minimum absolute atomic E-state index is 0.0784. The van der Waals surface area contributed by atoms with Crippen LogP contribution in [-0.2, 0) is 4.79 Å². The van der Waals surface area contributed by atoms with Gasteiger partial charge in [0.2, 0.25) is 5.91 Å². The summed E-state index contributed by atoms with van der Waals surface area (Å²) in [5, 5.41) is 4.85. The van der Waals surface area contributed by atoms with Crippen molar-refractivity contribution in [3.05, 3.63) is 29.3 Å². The molecule has 1 N–H and O–H groups in total. The smallest absolute Gasteiger partial charge is 0.250 e. The molecule has 0 aliphatic rings. The highest BCUT2D eigenvalue weighted by atomic mass is 35.5. The number of hydrogen-bond donors (Lipinski definition) is 1. The lowest BCUT2D eigenvalue weighted by Crippen LogP contribution is -2.20. The number of halogens is 1. The first-order valence-corrected chi connectivity index (χ1v) is 9.18. The van der Waals surface area contributed by atoms with Gasteiger partial charge in [0.05, 0.1) is 5.75 Å². The average molecular weight is 341 g/mol. The standard InChI is InChI=1S/C17H25ClN2OS/c1-3-4-5-6-7-8-14(2)19-20-17(21)13-22-16-11-9-15(18)10-12-16/h9-12H,3-8,13H2,1-2H3,(H,20,21)/b19-14+. The van der Waals surface area contributed by atoms with E-state index >= 15 is 0 Å². The Morgan fingerprint density at radius 2 is 1.86 bits per heavy atom. The number of carbonyl (C=O) groups excluding carboxylic acids is 1. The Morgan fingerprint density at radius 3 is 2.55 bits per heavy atom. The van der Waals surface area contributed by atoms with Crippen molar-refractivity contribution in [2.45, 2.75) is 57.3 Å². The van der Waals surface area contributed by atoms with E-state index in [4.69, 9.17) is 11.6 Å². The predicted molar refractivity (Wildman–Crippen MR) is 96.8 cm³/mol. The second-order valence-corrected chi connectivity index (χ2v) is 6.77. The van der Waals surface area contributed by atoms with Crippen LogP contribution in [0.1, 0.15) is 52.4 Å². The lowest BCUT2D eigenvalue weighted by atomic mass is 10.1. The Bertz CT molecular complexity index is 474. The van der Waals surface area contributed by atoms with Crippen LogP contribution in [0.15, 0.2) is 34.3 Å². The second kappa shape index (κ2) is 11.6. The molecule has 0 spiro atoms. The number of nitrogens with one attached hydrogen (secondary N) is 1. The topological polar surface area (TPSA) is 41.5 Å². The van der Waals surface area contributed by atoms with Crippen LogP contribution in [0.3, 0.4) is 0 Å². The Morgan fingerprint density at radius 1 is 1.18 bits per heavy atom. The Kier molecular flexibility index (Phi) is 10.0. The zero-order valence-electron chi connectivity index (χ0n) is 13.4. The van der Waals surface area contributed by atoms with E-state index in [-0.39, 0.29) is 5.91 Å². The molecule has 0 bridgehead atoms. The van der Waals surface area contributed by atoms with Crippen molar-refractivity contribution in [1.82, 2.24) is 5.43 Å². The highest BCUT2D eigenvalue weighted by Gasteiger charge is 2.02. The van der Waals surface area contributed by atoms with Gasteiger partial charge in [0.1, 0.15) is 0 Å². The van der Waals surface area contributed by atoms with Crippen LogP contribution in [0.25, 0.3) is 0 Å². The van der Waals surface area contributed by atoms with E-state index in [2.05, 4.69) is 17.5 Å². The van der Waals surface area contributed by atoms with Crippen LogP contribution >= 0.6 is 23.4 Å². The van der Waals surface area contributed by atoms with Crippen LogP contribution < -0.4 is 5.43 Å². The number of hydrazone groups is 1. The fraction of sp³-hybridized carbons (Fsp3) is 0.529. The molecule has 0 heterocycles. The molecule has 1 aromatic rings. The number of hydrogen-bond acceptors (Lipinski definition) is 3.